The molecule has 0 saturated carbocycles. The van der Waals surface area contributed by atoms with Gasteiger partial charge in [0.2, 0.25) is 5.91 Å². The lowest BCUT2D eigenvalue weighted by Crippen LogP contribution is -2.32. The number of alkyl halides is 3. The molecule has 1 amide bonds. The van der Waals surface area contributed by atoms with Crippen LogP contribution in [0.4, 0.5) is 13.2 Å². The number of aliphatic hydroxyl groups is 1. The molecule has 0 aliphatic carbocycles. The summed E-state index contributed by atoms with van der Waals surface area (Å²) in [4.78, 5) is 12.4. The molecule has 0 saturated heterocycles. The monoisotopic (exact) mass is 502 g/mol. The second kappa shape index (κ2) is 11.9. The fourth-order valence-electron chi connectivity index (χ4n) is 3.84. The smallest absolute Gasteiger partial charge is 0.416 e. The molecule has 6 nitrogen and oxygen atoms in total. The number of phenolic OH excluding ortho intramolecular Hbond substituents is 2. The average Bonchev–Trinajstić information content (AvgIpc) is 2.80. The van der Waals surface area contributed by atoms with E-state index in [0.29, 0.717) is 17.5 Å². The maximum atomic E-state index is 12.9. The van der Waals surface area contributed by atoms with E-state index in [1.54, 1.807) is 0 Å². The normalized spacial score (nSPS) is 13.2. The van der Waals surface area contributed by atoms with Gasteiger partial charge in [-0.05, 0) is 59.9 Å². The van der Waals surface area contributed by atoms with E-state index in [2.05, 4.69) is 10.6 Å². The minimum atomic E-state index is -4.43. The number of carbonyl (C=O) groups excluding carboxylic acids is 1. The predicted octanol–water partition coefficient (Wildman–Crippen LogP) is 4.23. The summed E-state index contributed by atoms with van der Waals surface area (Å²) in [5, 5.41) is 35.3. The number of nitrogens with one attached hydrogen (secondary N) is 2. The van der Waals surface area contributed by atoms with Crippen LogP contribution in [0.2, 0.25) is 0 Å². The first-order valence-electron chi connectivity index (χ1n) is 11.4. The molecule has 0 radical (unpaired) electrons. The van der Waals surface area contributed by atoms with Crippen LogP contribution < -0.4 is 10.6 Å². The highest BCUT2D eigenvalue weighted by Gasteiger charge is 2.30. The topological polar surface area (TPSA) is 102 Å². The standard InChI is InChI=1S/C27H29F3N2O4/c1-17(31-16-25(35)21-12-23(33)14-24(34)13-21)8-18-4-2-5-19(9-18)11-26(36)32-15-20-6-3-7-22(10-20)27(28,29)30/h2-7,9-10,12-14,17,25,31,33-35H,8,11,15-16H2,1H3,(H,32,36). The lowest BCUT2D eigenvalue weighted by molar-refractivity contribution is -0.137. The Morgan fingerprint density at radius 1 is 0.917 bits per heavy atom. The number of hydrogen-bond donors (Lipinski definition) is 5. The summed E-state index contributed by atoms with van der Waals surface area (Å²) >= 11 is 0. The maximum absolute atomic E-state index is 12.9. The number of hydrogen-bond acceptors (Lipinski definition) is 5. The van der Waals surface area contributed by atoms with Gasteiger partial charge in [0.05, 0.1) is 18.1 Å². The Morgan fingerprint density at radius 2 is 1.56 bits per heavy atom. The Bertz CT molecular complexity index is 1160. The van der Waals surface area contributed by atoms with E-state index in [0.717, 1.165) is 23.3 Å². The van der Waals surface area contributed by atoms with Gasteiger partial charge in [0.1, 0.15) is 11.5 Å². The SMILES string of the molecule is CC(Cc1cccc(CC(=O)NCc2cccc(C(F)(F)F)c2)c1)NCC(O)c1cc(O)cc(O)c1. The van der Waals surface area contributed by atoms with Gasteiger partial charge in [0.25, 0.3) is 0 Å². The van der Waals surface area contributed by atoms with E-state index in [1.807, 2.05) is 31.2 Å². The van der Waals surface area contributed by atoms with Crippen LogP contribution in [0.25, 0.3) is 0 Å². The predicted molar refractivity (Wildman–Crippen MR) is 129 cm³/mol. The van der Waals surface area contributed by atoms with Crippen LogP contribution >= 0.6 is 0 Å². The number of aliphatic hydroxyl groups excluding tert-OH is 1. The van der Waals surface area contributed by atoms with Gasteiger partial charge in [-0.2, -0.15) is 13.2 Å². The van der Waals surface area contributed by atoms with Crippen molar-refractivity contribution >= 4 is 5.91 Å². The zero-order valence-electron chi connectivity index (χ0n) is 19.7. The zero-order chi connectivity index (χ0) is 26.3. The van der Waals surface area contributed by atoms with Gasteiger partial charge >= 0.3 is 6.18 Å². The third kappa shape index (κ3) is 8.28. The van der Waals surface area contributed by atoms with E-state index in [4.69, 9.17) is 0 Å². The second-order valence-corrected chi connectivity index (χ2v) is 8.78. The molecule has 0 bridgehead atoms. The summed E-state index contributed by atoms with van der Waals surface area (Å²) in [6.45, 7) is 2.16. The number of rotatable bonds is 10. The Labute approximate surface area is 207 Å². The minimum Gasteiger partial charge on any atom is -0.508 e. The van der Waals surface area contributed by atoms with Crippen molar-refractivity contribution in [1.82, 2.24) is 10.6 Å². The number of amides is 1. The van der Waals surface area contributed by atoms with Crippen molar-refractivity contribution in [1.29, 1.82) is 0 Å². The first-order valence-corrected chi connectivity index (χ1v) is 11.4. The molecule has 0 aromatic heterocycles. The summed E-state index contributed by atoms with van der Waals surface area (Å²) in [6, 6.07) is 16.3. The van der Waals surface area contributed by atoms with E-state index in [1.165, 1.54) is 30.3 Å². The Morgan fingerprint density at radius 3 is 2.25 bits per heavy atom. The van der Waals surface area contributed by atoms with Crippen LogP contribution in [0.15, 0.2) is 66.7 Å². The van der Waals surface area contributed by atoms with Gasteiger partial charge in [-0.15, -0.1) is 0 Å². The van der Waals surface area contributed by atoms with E-state index >= 15 is 0 Å². The first-order chi connectivity index (χ1) is 17.0. The molecular formula is C27H29F3N2O4. The molecule has 0 fully saturated rings. The van der Waals surface area contributed by atoms with Crippen LogP contribution in [0.5, 0.6) is 11.5 Å². The molecule has 192 valence electrons. The molecule has 0 heterocycles. The summed E-state index contributed by atoms with van der Waals surface area (Å²) in [6.07, 6.45) is -4.64. The third-order valence-corrected chi connectivity index (χ3v) is 5.61. The van der Waals surface area contributed by atoms with E-state index < -0.39 is 17.8 Å². The molecule has 9 heteroatoms. The first kappa shape index (κ1) is 27.0. The largest absolute Gasteiger partial charge is 0.508 e. The van der Waals surface area contributed by atoms with Crippen molar-refractivity contribution in [3.63, 3.8) is 0 Å². The number of aromatic hydroxyl groups is 2. The van der Waals surface area contributed by atoms with Crippen molar-refractivity contribution in [3.8, 4) is 11.5 Å². The van der Waals surface area contributed by atoms with E-state index in [9.17, 15) is 33.3 Å². The van der Waals surface area contributed by atoms with Gasteiger partial charge in [-0.1, -0.05) is 36.4 Å². The number of halogens is 3. The number of phenols is 2. The highest BCUT2D eigenvalue weighted by atomic mass is 19.4. The van der Waals surface area contributed by atoms with Crippen LogP contribution in [0, 0.1) is 0 Å². The number of carbonyl (C=O) groups is 1. The van der Waals surface area contributed by atoms with Crippen molar-refractivity contribution in [2.75, 3.05) is 6.54 Å². The second-order valence-electron chi connectivity index (χ2n) is 8.78. The van der Waals surface area contributed by atoms with E-state index in [-0.39, 0.29) is 43.0 Å². The third-order valence-electron chi connectivity index (χ3n) is 5.61. The van der Waals surface area contributed by atoms with Crippen LogP contribution in [0.3, 0.4) is 0 Å². The summed E-state index contributed by atoms with van der Waals surface area (Å²) in [5.41, 5.74) is 1.76. The lowest BCUT2D eigenvalue weighted by Gasteiger charge is -2.18. The molecule has 2 atom stereocenters. The molecule has 3 rings (SSSR count). The highest BCUT2D eigenvalue weighted by Crippen LogP contribution is 2.29. The molecule has 0 aliphatic heterocycles. The van der Waals surface area contributed by atoms with Crippen LogP contribution in [-0.2, 0) is 30.4 Å². The van der Waals surface area contributed by atoms with Crippen LogP contribution in [0.1, 0.15) is 40.8 Å². The molecular weight excluding hydrogens is 473 g/mol. The van der Waals surface area contributed by atoms with Crippen molar-refractivity contribution in [2.24, 2.45) is 0 Å². The molecule has 2 unspecified atom stereocenters. The molecule has 3 aromatic carbocycles. The van der Waals surface area contributed by atoms with Gasteiger partial charge in [-0.3, -0.25) is 4.79 Å². The van der Waals surface area contributed by atoms with Gasteiger partial charge in [0, 0.05) is 25.2 Å². The summed E-state index contributed by atoms with van der Waals surface area (Å²) in [5.74, 6) is -0.561. The quantitative estimate of drug-likeness (QED) is 0.286. The van der Waals surface area contributed by atoms with Gasteiger partial charge in [-0.25, -0.2) is 0 Å². The van der Waals surface area contributed by atoms with Crippen molar-refractivity contribution in [2.45, 2.75) is 44.6 Å². The fourth-order valence-corrected chi connectivity index (χ4v) is 3.84. The summed E-state index contributed by atoms with van der Waals surface area (Å²) in [7, 11) is 0. The van der Waals surface area contributed by atoms with Crippen LogP contribution in [-0.4, -0.2) is 33.8 Å². The van der Waals surface area contributed by atoms with Crippen molar-refractivity contribution in [3.05, 3.63) is 94.5 Å². The molecule has 36 heavy (non-hydrogen) atoms. The molecule has 0 spiro atoms. The lowest BCUT2D eigenvalue weighted by atomic mass is 10.0. The van der Waals surface area contributed by atoms with Gasteiger partial charge in [0.15, 0.2) is 0 Å². The Balaban J connectivity index is 1.49. The fraction of sp³-hybridized carbons (Fsp3) is 0.296. The Hall–Kier alpha value is -3.56. The maximum Gasteiger partial charge on any atom is 0.416 e. The highest BCUT2D eigenvalue weighted by molar-refractivity contribution is 5.78. The molecule has 0 aliphatic rings. The van der Waals surface area contributed by atoms with Gasteiger partial charge < -0.3 is 26.0 Å². The summed E-state index contributed by atoms with van der Waals surface area (Å²) < 4.78 is 38.6. The zero-order valence-corrected chi connectivity index (χ0v) is 19.7. The number of benzene rings is 3. The molecule has 3 aromatic rings. The van der Waals surface area contributed by atoms with Crippen molar-refractivity contribution < 1.29 is 33.3 Å². The average molecular weight is 503 g/mol. The Kier molecular flexibility index (Phi) is 8.95. The minimum absolute atomic E-state index is 0.00267. The molecule has 5 N–H and O–H groups in total.